The molecular formula is C25H45N3O3. The number of ether oxygens (including phenoxy) is 2. The van der Waals surface area contributed by atoms with Crippen molar-refractivity contribution in [1.82, 2.24) is 15.1 Å². The molecule has 31 heavy (non-hydrogen) atoms. The molecule has 1 aliphatic rings. The largest absolute Gasteiger partial charge is 0.493 e. The van der Waals surface area contributed by atoms with Gasteiger partial charge in [-0.2, -0.15) is 0 Å². The number of hydrogen-bond acceptors (Lipinski definition) is 6. The summed E-state index contributed by atoms with van der Waals surface area (Å²) in [5.74, 6) is 1.39. The minimum absolute atomic E-state index is 0.206. The zero-order valence-corrected chi connectivity index (χ0v) is 20.6. The van der Waals surface area contributed by atoms with E-state index in [1.165, 1.54) is 32.1 Å². The lowest BCUT2D eigenvalue weighted by Crippen LogP contribution is -2.40. The van der Waals surface area contributed by atoms with Crippen molar-refractivity contribution in [2.24, 2.45) is 5.41 Å². The first-order valence-corrected chi connectivity index (χ1v) is 11.7. The molecule has 6 nitrogen and oxygen atoms in total. The minimum atomic E-state index is -0.517. The van der Waals surface area contributed by atoms with E-state index in [2.05, 4.69) is 56.2 Å². The Balaban J connectivity index is 1.81. The summed E-state index contributed by atoms with van der Waals surface area (Å²) >= 11 is 0. The fourth-order valence-corrected chi connectivity index (χ4v) is 4.64. The van der Waals surface area contributed by atoms with Crippen LogP contribution in [0.25, 0.3) is 0 Å². The first kappa shape index (κ1) is 25.9. The van der Waals surface area contributed by atoms with Crippen molar-refractivity contribution in [2.45, 2.75) is 64.6 Å². The summed E-state index contributed by atoms with van der Waals surface area (Å²) in [4.78, 5) is 4.51. The van der Waals surface area contributed by atoms with Crippen LogP contribution in [0.1, 0.15) is 51.5 Å². The third-order valence-electron chi connectivity index (χ3n) is 6.03. The molecule has 1 atom stereocenters. The van der Waals surface area contributed by atoms with Gasteiger partial charge in [0.15, 0.2) is 11.5 Å². The van der Waals surface area contributed by atoms with Crippen LogP contribution < -0.4 is 14.8 Å². The normalized spacial score (nSPS) is 16.7. The maximum Gasteiger partial charge on any atom is 0.161 e. The molecule has 0 aliphatic heterocycles. The lowest BCUT2D eigenvalue weighted by molar-refractivity contribution is 0.0553. The number of nitrogens with one attached hydrogen (secondary N) is 1. The Kier molecular flexibility index (Phi) is 10.6. The van der Waals surface area contributed by atoms with E-state index in [-0.39, 0.29) is 12.0 Å². The fourth-order valence-electron chi connectivity index (χ4n) is 4.64. The smallest absolute Gasteiger partial charge is 0.161 e. The summed E-state index contributed by atoms with van der Waals surface area (Å²) in [5.41, 5.74) is 1.36. The van der Waals surface area contributed by atoms with E-state index in [0.717, 1.165) is 25.2 Å². The van der Waals surface area contributed by atoms with Crippen LogP contribution in [-0.4, -0.2) is 81.5 Å². The third kappa shape index (κ3) is 9.36. The molecule has 1 unspecified atom stereocenters. The van der Waals surface area contributed by atoms with Crippen LogP contribution in [-0.2, 0) is 6.54 Å². The summed E-state index contributed by atoms with van der Waals surface area (Å²) in [5, 5.41) is 14.0. The SMILES string of the molecule is COc1cc(CNCC(C)(C)CN(C)C)ccc1OCC(O)CN(C)C1CCCCC1. The van der Waals surface area contributed by atoms with E-state index < -0.39 is 6.10 Å². The molecule has 1 aliphatic carbocycles. The first-order valence-electron chi connectivity index (χ1n) is 11.7. The average molecular weight is 436 g/mol. The number of hydrogen-bond donors (Lipinski definition) is 2. The number of nitrogens with zero attached hydrogens (tertiary/aromatic N) is 2. The number of likely N-dealkylation sites (N-methyl/N-ethyl adjacent to an activating group) is 1. The molecule has 6 heteroatoms. The van der Waals surface area contributed by atoms with Crippen LogP contribution >= 0.6 is 0 Å². The van der Waals surface area contributed by atoms with Crippen molar-refractivity contribution in [3.8, 4) is 11.5 Å². The van der Waals surface area contributed by atoms with Crippen molar-refractivity contribution in [2.75, 3.05) is 54.5 Å². The lowest BCUT2D eigenvalue weighted by atomic mass is 9.93. The number of methoxy groups -OCH3 is 1. The molecule has 1 fully saturated rings. The predicted molar refractivity (Wildman–Crippen MR) is 128 cm³/mol. The van der Waals surface area contributed by atoms with Gasteiger partial charge in [0.05, 0.1) is 7.11 Å². The molecule has 0 heterocycles. The molecule has 2 rings (SSSR count). The van der Waals surface area contributed by atoms with E-state index >= 15 is 0 Å². The molecule has 0 bridgehead atoms. The van der Waals surface area contributed by atoms with Gasteiger partial charge in [-0.25, -0.2) is 0 Å². The molecule has 0 saturated heterocycles. The van der Waals surface area contributed by atoms with E-state index in [1.807, 2.05) is 12.1 Å². The molecule has 0 aromatic heterocycles. The van der Waals surface area contributed by atoms with Crippen molar-refractivity contribution in [3.63, 3.8) is 0 Å². The second-order valence-electron chi connectivity index (χ2n) is 10.2. The van der Waals surface area contributed by atoms with E-state index in [1.54, 1.807) is 7.11 Å². The van der Waals surface area contributed by atoms with E-state index in [4.69, 9.17) is 9.47 Å². The van der Waals surface area contributed by atoms with Crippen LogP contribution in [0, 0.1) is 5.41 Å². The molecule has 0 spiro atoms. The van der Waals surface area contributed by atoms with Gasteiger partial charge in [0, 0.05) is 32.2 Å². The number of aliphatic hydroxyl groups is 1. The Hall–Kier alpha value is -1.34. The van der Waals surface area contributed by atoms with Crippen LogP contribution in [0.15, 0.2) is 18.2 Å². The van der Waals surface area contributed by atoms with Gasteiger partial charge in [-0.15, -0.1) is 0 Å². The highest BCUT2D eigenvalue weighted by Crippen LogP contribution is 2.28. The second kappa shape index (κ2) is 12.6. The molecule has 2 N–H and O–H groups in total. The number of rotatable bonds is 13. The van der Waals surface area contributed by atoms with Crippen LogP contribution in [0.5, 0.6) is 11.5 Å². The van der Waals surface area contributed by atoms with Crippen molar-refractivity contribution in [3.05, 3.63) is 23.8 Å². The Morgan fingerprint density at radius 3 is 2.48 bits per heavy atom. The standard InChI is InChI=1S/C25H45N3O3/c1-25(2,19-27(3)4)18-26-15-20-12-13-23(24(14-20)30-6)31-17-22(29)16-28(5)21-10-8-7-9-11-21/h12-14,21-22,26,29H,7-11,15-19H2,1-6H3. The summed E-state index contributed by atoms with van der Waals surface area (Å²) in [7, 11) is 7.99. The van der Waals surface area contributed by atoms with Gasteiger partial charge in [0.1, 0.15) is 12.7 Å². The zero-order chi connectivity index (χ0) is 22.9. The van der Waals surface area contributed by atoms with Crippen LogP contribution in [0.4, 0.5) is 0 Å². The minimum Gasteiger partial charge on any atom is -0.493 e. The van der Waals surface area contributed by atoms with Crippen molar-refractivity contribution >= 4 is 0 Å². The topological polar surface area (TPSA) is 57.2 Å². The van der Waals surface area contributed by atoms with Gasteiger partial charge in [-0.1, -0.05) is 39.2 Å². The van der Waals surface area contributed by atoms with Gasteiger partial charge in [-0.05, 0) is 57.1 Å². The number of benzene rings is 1. The average Bonchev–Trinajstić information content (AvgIpc) is 2.72. The molecule has 1 aromatic rings. The highest BCUT2D eigenvalue weighted by atomic mass is 16.5. The lowest BCUT2D eigenvalue weighted by Gasteiger charge is -2.32. The van der Waals surface area contributed by atoms with E-state index in [9.17, 15) is 5.11 Å². The van der Waals surface area contributed by atoms with Gasteiger partial charge < -0.3 is 29.7 Å². The van der Waals surface area contributed by atoms with Gasteiger partial charge in [-0.3, -0.25) is 0 Å². The van der Waals surface area contributed by atoms with E-state index in [0.29, 0.717) is 24.1 Å². The predicted octanol–water partition coefficient (Wildman–Crippen LogP) is 3.38. The fraction of sp³-hybridized carbons (Fsp3) is 0.760. The summed E-state index contributed by atoms with van der Waals surface area (Å²) in [6, 6.07) is 6.61. The van der Waals surface area contributed by atoms with Crippen LogP contribution in [0.3, 0.4) is 0 Å². The van der Waals surface area contributed by atoms with Gasteiger partial charge >= 0.3 is 0 Å². The summed E-state index contributed by atoms with van der Waals surface area (Å²) in [6.07, 6.45) is 5.89. The molecule has 178 valence electrons. The molecular weight excluding hydrogens is 390 g/mol. The van der Waals surface area contributed by atoms with Crippen LogP contribution in [0.2, 0.25) is 0 Å². The molecule has 0 amide bonds. The first-order chi connectivity index (χ1) is 14.7. The Morgan fingerprint density at radius 2 is 1.84 bits per heavy atom. The maximum absolute atomic E-state index is 10.5. The Labute approximate surface area is 189 Å². The second-order valence-corrected chi connectivity index (χ2v) is 10.2. The Bertz CT molecular complexity index is 645. The van der Waals surface area contributed by atoms with Crippen molar-refractivity contribution < 1.29 is 14.6 Å². The molecule has 1 aromatic carbocycles. The quantitative estimate of drug-likeness (QED) is 0.495. The summed E-state index contributed by atoms with van der Waals surface area (Å²) < 4.78 is 11.5. The maximum atomic E-state index is 10.5. The number of aliphatic hydroxyl groups excluding tert-OH is 1. The highest BCUT2D eigenvalue weighted by molar-refractivity contribution is 5.43. The molecule has 1 saturated carbocycles. The summed E-state index contributed by atoms with van der Waals surface area (Å²) in [6.45, 7) is 8.20. The third-order valence-corrected chi connectivity index (χ3v) is 6.03. The molecule has 0 radical (unpaired) electrons. The Morgan fingerprint density at radius 1 is 1.13 bits per heavy atom. The van der Waals surface area contributed by atoms with Gasteiger partial charge in [0.25, 0.3) is 0 Å². The van der Waals surface area contributed by atoms with Gasteiger partial charge in [0.2, 0.25) is 0 Å². The highest BCUT2D eigenvalue weighted by Gasteiger charge is 2.21. The monoisotopic (exact) mass is 435 g/mol. The van der Waals surface area contributed by atoms with Crippen molar-refractivity contribution in [1.29, 1.82) is 0 Å². The zero-order valence-electron chi connectivity index (χ0n) is 20.6.